The van der Waals surface area contributed by atoms with Crippen LogP contribution in [0.4, 0.5) is 8.78 Å². The smallest absolute Gasteiger partial charge is 0.126 e. The van der Waals surface area contributed by atoms with Gasteiger partial charge in [0.1, 0.15) is 11.6 Å². The summed E-state index contributed by atoms with van der Waals surface area (Å²) in [4.78, 5) is 0. The standard InChI is InChI=1S/C15H14ClF2N/c1-9-6-10(2-4-13(9)16)15(19)8-11-7-12(17)3-5-14(11)18/h2-7,15H,8,19H2,1H3. The molecule has 0 fully saturated rings. The van der Waals surface area contributed by atoms with Gasteiger partial charge in [0.15, 0.2) is 0 Å². The van der Waals surface area contributed by atoms with Gasteiger partial charge in [-0.3, -0.25) is 0 Å². The molecular weight excluding hydrogens is 268 g/mol. The first-order valence-electron chi connectivity index (χ1n) is 5.93. The lowest BCUT2D eigenvalue weighted by atomic mass is 9.98. The quantitative estimate of drug-likeness (QED) is 0.898. The van der Waals surface area contributed by atoms with Crippen molar-refractivity contribution in [3.63, 3.8) is 0 Å². The zero-order chi connectivity index (χ0) is 14.0. The number of hydrogen-bond acceptors (Lipinski definition) is 1. The van der Waals surface area contributed by atoms with Gasteiger partial charge in [-0.15, -0.1) is 0 Å². The lowest BCUT2D eigenvalue weighted by molar-refractivity contribution is 0.572. The Bertz CT molecular complexity index is 599. The van der Waals surface area contributed by atoms with Gasteiger partial charge in [-0.2, -0.15) is 0 Å². The lowest BCUT2D eigenvalue weighted by Crippen LogP contribution is -2.14. The van der Waals surface area contributed by atoms with Crippen LogP contribution in [0.5, 0.6) is 0 Å². The molecule has 2 N–H and O–H groups in total. The van der Waals surface area contributed by atoms with Crippen molar-refractivity contribution in [1.29, 1.82) is 0 Å². The third kappa shape index (κ3) is 3.31. The Morgan fingerprint density at radius 1 is 1.16 bits per heavy atom. The highest BCUT2D eigenvalue weighted by Gasteiger charge is 2.12. The van der Waals surface area contributed by atoms with E-state index in [-0.39, 0.29) is 12.0 Å². The van der Waals surface area contributed by atoms with E-state index < -0.39 is 17.7 Å². The van der Waals surface area contributed by atoms with Crippen molar-refractivity contribution in [2.45, 2.75) is 19.4 Å². The molecule has 1 atom stereocenters. The van der Waals surface area contributed by atoms with Gasteiger partial charge in [0.25, 0.3) is 0 Å². The minimum absolute atomic E-state index is 0.241. The molecule has 0 spiro atoms. The molecule has 100 valence electrons. The molecule has 2 aromatic rings. The van der Waals surface area contributed by atoms with Crippen molar-refractivity contribution in [2.75, 3.05) is 0 Å². The zero-order valence-corrected chi connectivity index (χ0v) is 11.2. The molecule has 0 radical (unpaired) electrons. The molecule has 2 rings (SSSR count). The Morgan fingerprint density at radius 2 is 1.89 bits per heavy atom. The lowest BCUT2D eigenvalue weighted by Gasteiger charge is -2.14. The first-order chi connectivity index (χ1) is 8.97. The van der Waals surface area contributed by atoms with Gasteiger partial charge in [0.05, 0.1) is 0 Å². The highest BCUT2D eigenvalue weighted by molar-refractivity contribution is 6.31. The predicted molar refractivity (Wildman–Crippen MR) is 73.2 cm³/mol. The second-order valence-electron chi connectivity index (χ2n) is 4.55. The summed E-state index contributed by atoms with van der Waals surface area (Å²) in [5.74, 6) is -0.904. The first-order valence-corrected chi connectivity index (χ1v) is 6.30. The monoisotopic (exact) mass is 281 g/mol. The molecule has 0 aliphatic rings. The van der Waals surface area contributed by atoms with Gasteiger partial charge < -0.3 is 5.73 Å². The fourth-order valence-corrected chi connectivity index (χ4v) is 2.07. The summed E-state index contributed by atoms with van der Waals surface area (Å²) in [6, 6.07) is 8.42. The molecule has 1 unspecified atom stereocenters. The summed E-state index contributed by atoms with van der Waals surface area (Å²) >= 11 is 5.94. The summed E-state index contributed by atoms with van der Waals surface area (Å²) in [6.07, 6.45) is 0.241. The molecule has 0 aliphatic carbocycles. The first kappa shape index (κ1) is 14.0. The number of benzene rings is 2. The second-order valence-corrected chi connectivity index (χ2v) is 4.96. The Balaban J connectivity index is 2.22. The summed E-state index contributed by atoms with van der Waals surface area (Å²) in [6.45, 7) is 1.88. The van der Waals surface area contributed by atoms with Crippen LogP contribution in [-0.4, -0.2) is 0 Å². The van der Waals surface area contributed by atoms with E-state index in [4.69, 9.17) is 17.3 Å². The molecule has 2 aromatic carbocycles. The van der Waals surface area contributed by atoms with E-state index in [9.17, 15) is 8.78 Å². The Kier molecular flexibility index (Phi) is 4.17. The van der Waals surface area contributed by atoms with E-state index in [1.807, 2.05) is 13.0 Å². The minimum atomic E-state index is -0.462. The summed E-state index contributed by atoms with van der Waals surface area (Å²) in [7, 11) is 0. The third-order valence-electron chi connectivity index (χ3n) is 3.06. The van der Waals surface area contributed by atoms with Crippen LogP contribution in [0.15, 0.2) is 36.4 Å². The molecule has 1 nitrogen and oxygen atoms in total. The van der Waals surface area contributed by atoms with E-state index in [2.05, 4.69) is 0 Å². The molecule has 0 aromatic heterocycles. The number of nitrogens with two attached hydrogens (primary N) is 1. The molecule has 0 heterocycles. The van der Waals surface area contributed by atoms with E-state index in [0.717, 1.165) is 23.3 Å². The van der Waals surface area contributed by atoms with Crippen molar-refractivity contribution >= 4 is 11.6 Å². The van der Waals surface area contributed by atoms with Crippen LogP contribution in [0, 0.1) is 18.6 Å². The maximum absolute atomic E-state index is 13.5. The van der Waals surface area contributed by atoms with Crippen LogP contribution in [0.1, 0.15) is 22.7 Å². The molecule has 19 heavy (non-hydrogen) atoms. The normalized spacial score (nSPS) is 12.5. The topological polar surface area (TPSA) is 26.0 Å². The molecule has 4 heteroatoms. The van der Waals surface area contributed by atoms with Crippen molar-refractivity contribution in [1.82, 2.24) is 0 Å². The summed E-state index contributed by atoms with van der Waals surface area (Å²) in [5, 5.41) is 0.660. The highest BCUT2D eigenvalue weighted by Crippen LogP contribution is 2.23. The number of rotatable bonds is 3. The summed E-state index contributed by atoms with van der Waals surface area (Å²) in [5.41, 5.74) is 8.07. The molecule has 0 saturated heterocycles. The molecule has 0 amide bonds. The molecule has 0 bridgehead atoms. The average molecular weight is 282 g/mol. The zero-order valence-electron chi connectivity index (χ0n) is 10.5. The predicted octanol–water partition coefficient (Wildman–Crippen LogP) is 4.17. The van der Waals surface area contributed by atoms with Gasteiger partial charge in [0.2, 0.25) is 0 Å². The largest absolute Gasteiger partial charge is 0.324 e. The van der Waals surface area contributed by atoms with Crippen LogP contribution < -0.4 is 5.73 Å². The fraction of sp³-hybridized carbons (Fsp3) is 0.200. The van der Waals surface area contributed by atoms with E-state index in [1.54, 1.807) is 12.1 Å². The molecule has 0 aliphatic heterocycles. The molecule has 0 saturated carbocycles. The van der Waals surface area contributed by atoms with Crippen LogP contribution >= 0.6 is 11.6 Å². The van der Waals surface area contributed by atoms with Gasteiger partial charge in [0, 0.05) is 11.1 Å². The summed E-state index contributed by atoms with van der Waals surface area (Å²) < 4.78 is 26.6. The van der Waals surface area contributed by atoms with E-state index in [1.165, 1.54) is 6.07 Å². The van der Waals surface area contributed by atoms with Crippen molar-refractivity contribution < 1.29 is 8.78 Å². The van der Waals surface area contributed by atoms with E-state index in [0.29, 0.717) is 5.02 Å². The van der Waals surface area contributed by atoms with Crippen molar-refractivity contribution in [3.8, 4) is 0 Å². The minimum Gasteiger partial charge on any atom is -0.324 e. The Morgan fingerprint density at radius 3 is 2.58 bits per heavy atom. The highest BCUT2D eigenvalue weighted by atomic mass is 35.5. The van der Waals surface area contributed by atoms with Gasteiger partial charge >= 0.3 is 0 Å². The average Bonchev–Trinajstić information content (AvgIpc) is 2.37. The third-order valence-corrected chi connectivity index (χ3v) is 3.48. The van der Waals surface area contributed by atoms with Crippen LogP contribution in [0.25, 0.3) is 0 Å². The van der Waals surface area contributed by atoms with Crippen LogP contribution in [-0.2, 0) is 6.42 Å². The maximum atomic E-state index is 13.5. The number of halogens is 3. The van der Waals surface area contributed by atoms with Crippen LogP contribution in [0.3, 0.4) is 0 Å². The van der Waals surface area contributed by atoms with E-state index >= 15 is 0 Å². The van der Waals surface area contributed by atoms with Crippen molar-refractivity contribution in [3.05, 3.63) is 69.7 Å². The number of aryl methyl sites for hydroxylation is 1. The SMILES string of the molecule is Cc1cc(C(N)Cc2cc(F)ccc2F)ccc1Cl. The Labute approximate surface area is 116 Å². The van der Waals surface area contributed by atoms with Gasteiger partial charge in [-0.1, -0.05) is 23.7 Å². The second kappa shape index (κ2) is 5.68. The van der Waals surface area contributed by atoms with Gasteiger partial charge in [-0.05, 0) is 54.3 Å². The maximum Gasteiger partial charge on any atom is 0.126 e. The Hall–Kier alpha value is -1.45. The van der Waals surface area contributed by atoms with Gasteiger partial charge in [-0.25, -0.2) is 8.78 Å². The van der Waals surface area contributed by atoms with Crippen molar-refractivity contribution in [2.24, 2.45) is 5.73 Å². The fourth-order valence-electron chi connectivity index (χ4n) is 1.95. The molecular formula is C15H14ClF2N. The number of hydrogen-bond donors (Lipinski definition) is 1. The van der Waals surface area contributed by atoms with Crippen LogP contribution in [0.2, 0.25) is 5.02 Å².